The smallest absolute Gasteiger partial charge is 0.343 e. The van der Waals surface area contributed by atoms with Crippen LogP contribution in [0, 0.1) is 0 Å². The molecule has 0 aliphatic rings. The molecule has 1 unspecified atom stereocenters. The van der Waals surface area contributed by atoms with Gasteiger partial charge >= 0.3 is 5.63 Å². The molecule has 0 saturated heterocycles. The second kappa shape index (κ2) is 10.4. The van der Waals surface area contributed by atoms with Gasteiger partial charge in [-0.1, -0.05) is 44.1 Å². The first kappa shape index (κ1) is 25.4. The van der Waals surface area contributed by atoms with Crippen LogP contribution in [0.25, 0.3) is 0 Å². The van der Waals surface area contributed by atoms with Gasteiger partial charge in [-0.2, -0.15) is 0 Å². The Balaban J connectivity index is 2.82. The monoisotopic (exact) mass is 420 g/mol. The highest BCUT2D eigenvalue weighted by molar-refractivity contribution is 6.74. The maximum Gasteiger partial charge on any atom is 0.343 e. The van der Waals surface area contributed by atoms with E-state index in [-0.39, 0.29) is 16.9 Å². The molecule has 1 aromatic rings. The summed E-state index contributed by atoms with van der Waals surface area (Å²) >= 11 is 0. The van der Waals surface area contributed by atoms with Crippen molar-refractivity contribution in [3.8, 4) is 5.75 Å². The van der Waals surface area contributed by atoms with Gasteiger partial charge in [0.1, 0.15) is 11.5 Å². The van der Waals surface area contributed by atoms with Crippen molar-refractivity contribution in [3.63, 3.8) is 0 Å². The molecule has 0 radical (unpaired) electrons. The molecule has 1 N–H and O–H groups in total. The average molecular weight is 421 g/mol. The van der Waals surface area contributed by atoms with Crippen LogP contribution in [-0.2, 0) is 17.3 Å². The predicted octanol–water partition coefficient (Wildman–Crippen LogP) is 6.53. The van der Waals surface area contributed by atoms with Crippen LogP contribution >= 0.6 is 0 Å². The lowest BCUT2D eigenvalue weighted by atomic mass is 10.1. The Labute approximate surface area is 177 Å². The lowest BCUT2D eigenvalue weighted by Crippen LogP contribution is -2.43. The summed E-state index contributed by atoms with van der Waals surface area (Å²) in [4.78, 5) is 12.4. The number of aromatic hydroxyl groups is 1. The van der Waals surface area contributed by atoms with Crippen molar-refractivity contribution in [3.05, 3.63) is 51.1 Å². The molecule has 0 aliphatic heterocycles. The quantitative estimate of drug-likeness (QED) is 0.364. The molecule has 0 fully saturated rings. The minimum absolute atomic E-state index is 0.00382. The molecular formula is C24H40O4Si. The Morgan fingerprint density at radius 2 is 1.86 bits per heavy atom. The van der Waals surface area contributed by atoms with Crippen molar-refractivity contribution in [1.82, 2.24) is 0 Å². The molecular weight excluding hydrogens is 380 g/mol. The lowest BCUT2D eigenvalue weighted by molar-refractivity contribution is 0.189. The minimum atomic E-state index is -1.90. The van der Waals surface area contributed by atoms with Crippen molar-refractivity contribution in [2.24, 2.45) is 0 Å². The molecule has 1 rings (SSSR count). The molecule has 1 aromatic heterocycles. The SMILES string of the molecule is CC(C)=CCC/C(C)=C/Cc1c(O)cc(CC(C)O[Si](C)(C)C(C)(C)C)oc1=O. The van der Waals surface area contributed by atoms with Gasteiger partial charge in [0.25, 0.3) is 0 Å². The van der Waals surface area contributed by atoms with Gasteiger partial charge in [0.05, 0.1) is 5.56 Å². The van der Waals surface area contributed by atoms with Gasteiger partial charge in [0, 0.05) is 25.0 Å². The maximum absolute atomic E-state index is 12.4. The standard InChI is InChI=1S/C24H40O4Si/c1-17(2)11-10-12-18(3)13-14-21-22(25)16-20(27-23(21)26)15-19(4)28-29(8,9)24(5,6)7/h11,13,16,19,25H,10,12,14-15H2,1-9H3/b18-13+. The van der Waals surface area contributed by atoms with Gasteiger partial charge in [-0.25, -0.2) is 4.79 Å². The summed E-state index contributed by atoms with van der Waals surface area (Å²) in [5.41, 5.74) is 2.35. The van der Waals surface area contributed by atoms with Gasteiger partial charge in [-0.3, -0.25) is 0 Å². The summed E-state index contributed by atoms with van der Waals surface area (Å²) in [5.74, 6) is 0.468. The molecule has 0 saturated carbocycles. The third-order valence-corrected chi connectivity index (χ3v) is 10.2. The zero-order valence-corrected chi connectivity index (χ0v) is 20.8. The Morgan fingerprint density at radius 1 is 1.24 bits per heavy atom. The highest BCUT2D eigenvalue weighted by atomic mass is 28.4. The van der Waals surface area contributed by atoms with Crippen molar-refractivity contribution in [2.45, 2.75) is 98.4 Å². The van der Waals surface area contributed by atoms with Crippen LogP contribution in [-0.4, -0.2) is 19.5 Å². The van der Waals surface area contributed by atoms with Crippen LogP contribution in [0.1, 0.15) is 72.6 Å². The second-order valence-corrected chi connectivity index (χ2v) is 14.6. The molecule has 0 spiro atoms. The minimum Gasteiger partial charge on any atom is -0.507 e. The van der Waals surface area contributed by atoms with Crippen LogP contribution in [0.5, 0.6) is 5.75 Å². The molecule has 1 atom stereocenters. The van der Waals surface area contributed by atoms with E-state index in [0.717, 1.165) is 12.8 Å². The van der Waals surface area contributed by atoms with Crippen molar-refractivity contribution >= 4 is 8.32 Å². The zero-order chi connectivity index (χ0) is 22.4. The fraction of sp³-hybridized carbons (Fsp3) is 0.625. The molecule has 1 heterocycles. The molecule has 0 aliphatic carbocycles. The predicted molar refractivity (Wildman–Crippen MR) is 124 cm³/mol. The van der Waals surface area contributed by atoms with Gasteiger partial charge in [0.2, 0.25) is 0 Å². The van der Waals surface area contributed by atoms with E-state index in [9.17, 15) is 9.90 Å². The van der Waals surface area contributed by atoms with Gasteiger partial charge in [0.15, 0.2) is 8.32 Å². The van der Waals surface area contributed by atoms with Gasteiger partial charge < -0.3 is 13.9 Å². The van der Waals surface area contributed by atoms with Crippen LogP contribution < -0.4 is 5.63 Å². The van der Waals surface area contributed by atoms with Gasteiger partial charge in [-0.15, -0.1) is 0 Å². The van der Waals surface area contributed by atoms with E-state index < -0.39 is 13.9 Å². The third-order valence-electron chi connectivity index (χ3n) is 5.61. The Bertz CT molecular complexity index is 790. The van der Waals surface area contributed by atoms with Crippen LogP contribution in [0.15, 0.2) is 38.6 Å². The summed E-state index contributed by atoms with van der Waals surface area (Å²) in [5, 5.41) is 10.5. The Morgan fingerprint density at radius 3 is 2.38 bits per heavy atom. The highest BCUT2D eigenvalue weighted by Gasteiger charge is 2.38. The topological polar surface area (TPSA) is 59.7 Å². The lowest BCUT2D eigenvalue weighted by Gasteiger charge is -2.38. The molecule has 0 amide bonds. The molecule has 164 valence electrons. The fourth-order valence-corrected chi connectivity index (χ4v) is 4.26. The van der Waals surface area contributed by atoms with E-state index in [1.807, 2.05) is 19.9 Å². The Hall–Kier alpha value is -1.59. The van der Waals surface area contributed by atoms with Gasteiger partial charge in [-0.05, 0) is 58.7 Å². The number of rotatable bonds is 9. The van der Waals surface area contributed by atoms with Crippen molar-refractivity contribution in [2.75, 3.05) is 0 Å². The number of allylic oxidation sites excluding steroid dienone is 4. The van der Waals surface area contributed by atoms with E-state index in [1.165, 1.54) is 11.1 Å². The Kier molecular flexibility index (Phi) is 9.16. The first-order valence-electron chi connectivity index (χ1n) is 10.5. The summed E-state index contributed by atoms with van der Waals surface area (Å²) < 4.78 is 11.8. The zero-order valence-electron chi connectivity index (χ0n) is 19.8. The van der Waals surface area contributed by atoms with E-state index in [4.69, 9.17) is 8.84 Å². The second-order valence-electron chi connectivity index (χ2n) is 9.83. The van der Waals surface area contributed by atoms with Crippen LogP contribution in [0.4, 0.5) is 0 Å². The molecule has 5 heteroatoms. The summed E-state index contributed by atoms with van der Waals surface area (Å²) in [6, 6.07) is 1.56. The molecule has 4 nitrogen and oxygen atoms in total. The summed E-state index contributed by atoms with van der Waals surface area (Å²) in [6.07, 6.45) is 6.88. The van der Waals surface area contributed by atoms with Crippen molar-refractivity contribution in [1.29, 1.82) is 0 Å². The molecule has 29 heavy (non-hydrogen) atoms. The number of hydrogen-bond donors (Lipinski definition) is 1. The normalized spacial score (nSPS) is 14.0. The molecule has 0 bridgehead atoms. The van der Waals surface area contributed by atoms with E-state index in [0.29, 0.717) is 24.2 Å². The average Bonchev–Trinajstić information content (AvgIpc) is 2.51. The fourth-order valence-electron chi connectivity index (χ4n) is 2.81. The first-order chi connectivity index (χ1) is 13.2. The largest absolute Gasteiger partial charge is 0.507 e. The molecule has 0 aromatic carbocycles. The highest BCUT2D eigenvalue weighted by Crippen LogP contribution is 2.37. The number of hydrogen-bond acceptors (Lipinski definition) is 4. The van der Waals surface area contributed by atoms with Crippen LogP contribution in [0.2, 0.25) is 18.1 Å². The third kappa shape index (κ3) is 8.35. The van der Waals surface area contributed by atoms with E-state index in [1.54, 1.807) is 6.07 Å². The maximum atomic E-state index is 12.4. The first-order valence-corrected chi connectivity index (χ1v) is 13.5. The summed E-state index contributed by atoms with van der Waals surface area (Å²) in [7, 11) is -1.90. The van der Waals surface area contributed by atoms with Crippen molar-refractivity contribution < 1.29 is 13.9 Å². The van der Waals surface area contributed by atoms with E-state index in [2.05, 4.69) is 53.8 Å². The van der Waals surface area contributed by atoms with E-state index >= 15 is 0 Å². The van der Waals surface area contributed by atoms with Crippen LogP contribution in [0.3, 0.4) is 0 Å². The summed E-state index contributed by atoms with van der Waals surface area (Å²) in [6.45, 7) is 19.2.